The first-order valence-electron chi connectivity index (χ1n) is 11.6. The van der Waals surface area contributed by atoms with Crippen LogP contribution in [0.2, 0.25) is 0 Å². The van der Waals surface area contributed by atoms with Crippen LogP contribution in [0.1, 0.15) is 25.0 Å². The fourth-order valence-corrected chi connectivity index (χ4v) is 4.44. The lowest BCUT2D eigenvalue weighted by Gasteiger charge is -2.38. The van der Waals surface area contributed by atoms with E-state index in [0.29, 0.717) is 18.4 Å². The normalized spacial score (nSPS) is 25.4. The number of ether oxygens (including phenoxy) is 2. The van der Waals surface area contributed by atoms with Gasteiger partial charge < -0.3 is 44.3 Å². The summed E-state index contributed by atoms with van der Waals surface area (Å²) in [4.78, 5) is 11.3. The van der Waals surface area contributed by atoms with E-state index in [9.17, 15) is 38.7 Å². The Hall–Kier alpha value is -3.14. The Morgan fingerprint density at radius 2 is 1.47 bits per heavy atom. The molecule has 0 saturated carbocycles. The Bertz CT molecular complexity index is 1250. The molecule has 1 aliphatic heterocycles. The molecule has 2 aromatic rings. The molecule has 14 heteroatoms. The molecule has 1 fully saturated rings. The third kappa shape index (κ3) is 7.24. The molecule has 0 radical (unpaired) electrons. The van der Waals surface area contributed by atoms with Gasteiger partial charge in [-0.3, -0.25) is 4.55 Å². The maximum atomic E-state index is 11.3. The Morgan fingerprint density at radius 3 is 2.03 bits per heavy atom. The van der Waals surface area contributed by atoms with Gasteiger partial charge in [0.2, 0.25) is 6.29 Å². The van der Waals surface area contributed by atoms with Crippen LogP contribution in [-0.2, 0) is 32.8 Å². The molecule has 38 heavy (non-hydrogen) atoms. The Labute approximate surface area is 218 Å². The largest absolute Gasteiger partial charge is 0.504 e. The number of carbonyl (C=O) groups is 1. The zero-order chi connectivity index (χ0) is 28.4. The number of carboxylic acids is 1. The van der Waals surface area contributed by atoms with Crippen LogP contribution in [0.15, 0.2) is 36.4 Å². The minimum Gasteiger partial charge on any atom is -0.504 e. The smallest absolute Gasteiger partial charge is 0.446 e. The lowest BCUT2D eigenvalue weighted by atomic mass is 9.85. The highest BCUT2D eigenvalue weighted by Gasteiger charge is 2.48. The van der Waals surface area contributed by atoms with Crippen molar-refractivity contribution in [1.82, 2.24) is 0 Å². The molecule has 0 spiro atoms. The van der Waals surface area contributed by atoms with E-state index < -0.39 is 58.6 Å². The van der Waals surface area contributed by atoms with Gasteiger partial charge >= 0.3 is 16.4 Å². The van der Waals surface area contributed by atoms with Crippen molar-refractivity contribution in [3.05, 3.63) is 47.5 Å². The van der Waals surface area contributed by atoms with Gasteiger partial charge in [0.15, 0.2) is 29.1 Å². The molecule has 7 atom stereocenters. The molecule has 13 nitrogen and oxygen atoms in total. The van der Waals surface area contributed by atoms with E-state index >= 15 is 0 Å². The van der Waals surface area contributed by atoms with Crippen LogP contribution in [0, 0.1) is 11.8 Å². The third-order valence-electron chi connectivity index (χ3n) is 6.39. The Balaban J connectivity index is 1.64. The summed E-state index contributed by atoms with van der Waals surface area (Å²) >= 11 is 0. The van der Waals surface area contributed by atoms with Crippen molar-refractivity contribution in [1.29, 1.82) is 0 Å². The van der Waals surface area contributed by atoms with Gasteiger partial charge in [-0.1, -0.05) is 26.0 Å². The Kier molecular flexibility index (Phi) is 9.07. The van der Waals surface area contributed by atoms with Crippen molar-refractivity contribution in [3.8, 4) is 23.0 Å². The predicted molar refractivity (Wildman–Crippen MR) is 129 cm³/mol. The molecule has 0 aliphatic carbocycles. The maximum absolute atomic E-state index is 11.3. The highest BCUT2D eigenvalue weighted by atomic mass is 32.3. The molecular formula is C24H30O13S. The van der Waals surface area contributed by atoms with Crippen molar-refractivity contribution in [3.63, 3.8) is 0 Å². The summed E-state index contributed by atoms with van der Waals surface area (Å²) in [6.07, 6.45) is -8.00. The molecule has 7 unspecified atom stereocenters. The van der Waals surface area contributed by atoms with Gasteiger partial charge in [-0.15, -0.1) is 0 Å². The predicted octanol–water partition coefficient (Wildman–Crippen LogP) is 0.608. The van der Waals surface area contributed by atoms with Crippen molar-refractivity contribution >= 4 is 16.4 Å². The fraction of sp³-hybridized carbons (Fsp3) is 0.458. The zero-order valence-corrected chi connectivity index (χ0v) is 21.2. The number of aromatic hydroxyl groups is 2. The molecule has 0 aromatic heterocycles. The number of benzene rings is 2. The molecule has 3 rings (SSSR count). The highest BCUT2D eigenvalue weighted by Crippen LogP contribution is 2.34. The number of carboxylic acid groups (broad SMARTS) is 1. The van der Waals surface area contributed by atoms with E-state index in [1.807, 2.05) is 13.8 Å². The van der Waals surface area contributed by atoms with Crippen LogP contribution in [0.5, 0.6) is 23.0 Å². The lowest BCUT2D eigenvalue weighted by Crippen LogP contribution is -2.61. The monoisotopic (exact) mass is 558 g/mol. The number of hydrogen-bond acceptors (Lipinski definition) is 11. The molecule has 0 bridgehead atoms. The van der Waals surface area contributed by atoms with Crippen molar-refractivity contribution < 1.29 is 62.1 Å². The first-order chi connectivity index (χ1) is 17.7. The zero-order valence-electron chi connectivity index (χ0n) is 20.4. The van der Waals surface area contributed by atoms with Gasteiger partial charge in [-0.25, -0.2) is 4.79 Å². The van der Waals surface area contributed by atoms with Gasteiger partial charge in [0.1, 0.15) is 18.3 Å². The summed E-state index contributed by atoms with van der Waals surface area (Å²) in [6.45, 7) is 3.92. The number of phenolic OH excluding ortho intramolecular Hbond substituents is 2. The molecule has 2 aromatic carbocycles. The number of aliphatic hydroxyl groups excluding tert-OH is 3. The second kappa shape index (κ2) is 11.7. The van der Waals surface area contributed by atoms with E-state index in [-0.39, 0.29) is 23.3 Å². The highest BCUT2D eigenvalue weighted by molar-refractivity contribution is 7.81. The second-order valence-electron chi connectivity index (χ2n) is 9.33. The van der Waals surface area contributed by atoms with E-state index in [4.69, 9.17) is 19.1 Å². The molecule has 1 heterocycles. The average Bonchev–Trinajstić information content (AvgIpc) is 2.81. The van der Waals surface area contributed by atoms with Crippen molar-refractivity contribution in [2.45, 2.75) is 57.4 Å². The minimum atomic E-state index is -4.80. The van der Waals surface area contributed by atoms with Crippen LogP contribution in [0.3, 0.4) is 0 Å². The van der Waals surface area contributed by atoms with Gasteiger partial charge in [0.05, 0.1) is 0 Å². The Morgan fingerprint density at radius 1 is 0.895 bits per heavy atom. The number of aliphatic carboxylic acids is 1. The lowest BCUT2D eigenvalue weighted by molar-refractivity contribution is -0.271. The van der Waals surface area contributed by atoms with Gasteiger partial charge in [0.25, 0.3) is 0 Å². The molecular weight excluding hydrogens is 528 g/mol. The summed E-state index contributed by atoms with van der Waals surface area (Å²) in [6, 6.07) is 8.63. The topological polar surface area (TPSA) is 221 Å². The molecule has 1 aliphatic rings. The van der Waals surface area contributed by atoms with Crippen LogP contribution >= 0.6 is 0 Å². The van der Waals surface area contributed by atoms with E-state index in [0.717, 1.165) is 5.56 Å². The standard InChI is InChI=1S/C24H30O13S/c1-11(12(2)8-14-3-5-15(25)18(10-14)37-38(32,33)34)7-13-4-6-17(16(26)9-13)35-24-21(29)19(27)20(28)22(36-24)23(30)31/h3-6,9-12,19-22,24-29H,7-8H2,1-2H3,(H,30,31)(H,32,33,34). The van der Waals surface area contributed by atoms with Crippen LogP contribution in [-0.4, -0.2) is 80.3 Å². The van der Waals surface area contributed by atoms with E-state index in [2.05, 4.69) is 4.18 Å². The van der Waals surface area contributed by atoms with Crippen LogP contribution in [0.4, 0.5) is 0 Å². The quantitative estimate of drug-likeness (QED) is 0.199. The van der Waals surface area contributed by atoms with Gasteiger partial charge in [-0.05, 0) is 60.1 Å². The van der Waals surface area contributed by atoms with Crippen LogP contribution in [0.25, 0.3) is 0 Å². The minimum absolute atomic E-state index is 0.0443. The van der Waals surface area contributed by atoms with E-state index in [1.165, 1.54) is 24.3 Å². The van der Waals surface area contributed by atoms with Crippen molar-refractivity contribution in [2.24, 2.45) is 11.8 Å². The number of hydrogen-bond donors (Lipinski definition) is 7. The summed E-state index contributed by atoms with van der Waals surface area (Å²) in [5, 5.41) is 59.1. The van der Waals surface area contributed by atoms with Crippen LogP contribution < -0.4 is 8.92 Å². The molecule has 210 valence electrons. The molecule has 0 amide bonds. The van der Waals surface area contributed by atoms with Gasteiger partial charge in [0, 0.05) is 0 Å². The number of rotatable bonds is 10. The van der Waals surface area contributed by atoms with Crippen molar-refractivity contribution in [2.75, 3.05) is 0 Å². The summed E-state index contributed by atoms with van der Waals surface area (Å²) in [5.74, 6) is -2.76. The molecule has 1 saturated heterocycles. The number of phenols is 2. The SMILES string of the molecule is CC(Cc1ccc(OC2OC(C(=O)O)C(O)C(O)C2O)c(O)c1)C(C)Cc1ccc(O)c(OS(=O)(=O)O)c1. The summed E-state index contributed by atoms with van der Waals surface area (Å²) in [5.41, 5.74) is 1.38. The van der Waals surface area contributed by atoms with E-state index in [1.54, 1.807) is 12.1 Å². The first kappa shape index (κ1) is 29.4. The average molecular weight is 559 g/mol. The summed E-state index contributed by atoms with van der Waals surface area (Å²) in [7, 11) is -4.80. The summed E-state index contributed by atoms with van der Waals surface area (Å²) < 4.78 is 45.7. The number of aliphatic hydroxyl groups is 3. The molecule has 7 N–H and O–H groups in total. The second-order valence-corrected chi connectivity index (χ2v) is 10.4. The maximum Gasteiger partial charge on any atom is 0.446 e. The fourth-order valence-electron chi connectivity index (χ4n) is 4.08. The first-order valence-corrected chi connectivity index (χ1v) is 12.9. The third-order valence-corrected chi connectivity index (χ3v) is 6.78. The van der Waals surface area contributed by atoms with Gasteiger partial charge in [-0.2, -0.15) is 8.42 Å².